The first-order chi connectivity index (χ1) is 15.0. The Morgan fingerprint density at radius 2 is 1.87 bits per heavy atom. The molecule has 1 atom stereocenters. The third kappa shape index (κ3) is 4.94. The van der Waals surface area contributed by atoms with Gasteiger partial charge >= 0.3 is 5.97 Å². The van der Waals surface area contributed by atoms with Crippen molar-refractivity contribution in [3.63, 3.8) is 0 Å². The second-order valence-corrected chi connectivity index (χ2v) is 7.83. The van der Waals surface area contributed by atoms with Crippen LogP contribution in [0.25, 0.3) is 10.9 Å². The van der Waals surface area contributed by atoms with Crippen LogP contribution in [0.4, 0.5) is 11.4 Å². The minimum Gasteiger partial charge on any atom is -0.462 e. The Bertz CT molecular complexity index is 1210. The van der Waals surface area contributed by atoms with Gasteiger partial charge < -0.3 is 9.72 Å². The Labute approximate surface area is 179 Å². The van der Waals surface area contributed by atoms with Crippen molar-refractivity contribution in [3.05, 3.63) is 76.4 Å². The van der Waals surface area contributed by atoms with E-state index < -0.39 is 0 Å². The van der Waals surface area contributed by atoms with Crippen molar-refractivity contribution in [3.8, 4) is 0 Å². The van der Waals surface area contributed by atoms with E-state index in [1.807, 2.05) is 24.3 Å². The van der Waals surface area contributed by atoms with E-state index in [0.717, 1.165) is 24.8 Å². The average molecular weight is 416 g/mol. The molecule has 1 N–H and O–H groups in total. The molecule has 1 unspecified atom stereocenters. The summed E-state index contributed by atoms with van der Waals surface area (Å²) in [5, 5.41) is 9.13. The van der Waals surface area contributed by atoms with Crippen LogP contribution in [-0.2, 0) is 16.0 Å². The van der Waals surface area contributed by atoms with Crippen molar-refractivity contribution in [1.82, 2.24) is 9.97 Å². The Hall–Kier alpha value is -3.61. The first kappa shape index (κ1) is 20.7. The predicted octanol–water partition coefficient (Wildman–Crippen LogP) is 5.27. The number of benzene rings is 2. The Morgan fingerprint density at radius 3 is 2.65 bits per heavy atom. The minimum atomic E-state index is -0.381. The number of aromatic amines is 1. The summed E-state index contributed by atoms with van der Waals surface area (Å²) in [6, 6.07) is 13.1. The number of esters is 1. The van der Waals surface area contributed by atoms with Gasteiger partial charge in [0, 0.05) is 17.9 Å². The monoisotopic (exact) mass is 416 g/mol. The number of hydrogen-bond donors (Lipinski definition) is 1. The highest BCUT2D eigenvalue weighted by Gasteiger charge is 2.15. The van der Waals surface area contributed by atoms with Crippen molar-refractivity contribution in [1.29, 1.82) is 0 Å². The van der Waals surface area contributed by atoms with Crippen LogP contribution < -0.4 is 5.56 Å². The highest BCUT2D eigenvalue weighted by atomic mass is 16.5. The van der Waals surface area contributed by atoms with Crippen LogP contribution in [0, 0.1) is 0 Å². The van der Waals surface area contributed by atoms with Crippen LogP contribution in [0.15, 0.2) is 69.6 Å². The van der Waals surface area contributed by atoms with Gasteiger partial charge in [0.05, 0.1) is 28.9 Å². The Morgan fingerprint density at radius 1 is 1.13 bits per heavy atom. The Kier molecular flexibility index (Phi) is 6.02. The molecule has 0 fully saturated rings. The molecule has 1 aromatic heterocycles. The summed E-state index contributed by atoms with van der Waals surface area (Å²) in [7, 11) is 0. The number of nitrogens with zero attached hydrogens (tertiary/aromatic N) is 3. The van der Waals surface area contributed by atoms with Crippen LogP contribution >= 0.6 is 0 Å². The van der Waals surface area contributed by atoms with Gasteiger partial charge in [0.25, 0.3) is 5.56 Å². The first-order valence-electron chi connectivity index (χ1n) is 10.4. The summed E-state index contributed by atoms with van der Waals surface area (Å²) < 4.78 is 5.43. The molecule has 5 bridgehead atoms. The van der Waals surface area contributed by atoms with E-state index in [4.69, 9.17) is 4.74 Å². The normalized spacial score (nSPS) is 16.1. The molecule has 2 aromatic carbocycles. The number of carbonyl (C=O) groups is 1. The minimum absolute atomic E-state index is 0.0596. The smallest absolute Gasteiger partial charge is 0.333 e. The molecule has 5 rings (SSSR count). The van der Waals surface area contributed by atoms with Gasteiger partial charge in [0.15, 0.2) is 0 Å². The number of azo groups is 1. The highest BCUT2D eigenvalue weighted by Crippen LogP contribution is 2.27. The molecule has 158 valence electrons. The third-order valence-corrected chi connectivity index (χ3v) is 5.36. The van der Waals surface area contributed by atoms with Gasteiger partial charge in [0.2, 0.25) is 0 Å². The fraction of sp³-hybridized carbons (Fsp3) is 0.292. The molecule has 0 saturated carbocycles. The summed E-state index contributed by atoms with van der Waals surface area (Å²) in [4.78, 5) is 31.7. The van der Waals surface area contributed by atoms with Gasteiger partial charge in [-0.25, -0.2) is 9.78 Å². The maximum atomic E-state index is 12.4. The van der Waals surface area contributed by atoms with Crippen LogP contribution in [0.3, 0.4) is 0 Å². The van der Waals surface area contributed by atoms with E-state index in [2.05, 4.69) is 26.8 Å². The lowest BCUT2D eigenvalue weighted by Gasteiger charge is -2.18. The predicted molar refractivity (Wildman–Crippen MR) is 119 cm³/mol. The maximum Gasteiger partial charge on any atom is 0.333 e. The van der Waals surface area contributed by atoms with Crippen LogP contribution in [0.5, 0.6) is 0 Å². The molecule has 31 heavy (non-hydrogen) atoms. The number of nitrogens with one attached hydrogen (secondary N) is 1. The molecule has 0 radical (unpaired) electrons. The van der Waals surface area contributed by atoms with E-state index >= 15 is 0 Å². The largest absolute Gasteiger partial charge is 0.462 e. The van der Waals surface area contributed by atoms with Crippen molar-refractivity contribution < 1.29 is 9.53 Å². The van der Waals surface area contributed by atoms with E-state index in [1.54, 1.807) is 25.1 Å². The molecule has 0 saturated heterocycles. The number of aryl methyl sites for hydroxylation is 1. The second-order valence-electron chi connectivity index (χ2n) is 7.83. The zero-order chi connectivity index (χ0) is 21.8. The lowest BCUT2D eigenvalue weighted by Crippen LogP contribution is -2.14. The van der Waals surface area contributed by atoms with E-state index in [9.17, 15) is 9.59 Å². The van der Waals surface area contributed by atoms with Crippen molar-refractivity contribution in [2.45, 2.75) is 38.5 Å². The van der Waals surface area contributed by atoms with Crippen LogP contribution in [-0.4, -0.2) is 22.5 Å². The van der Waals surface area contributed by atoms with Gasteiger partial charge in [-0.2, -0.15) is 10.2 Å². The number of ether oxygens (including phenoxy) is 1. The van der Waals surface area contributed by atoms with Crippen LogP contribution in [0.2, 0.25) is 0 Å². The van der Waals surface area contributed by atoms with Crippen LogP contribution in [0.1, 0.15) is 43.5 Å². The number of H-pyrrole nitrogens is 1. The first-order valence-corrected chi connectivity index (χ1v) is 10.4. The lowest BCUT2D eigenvalue weighted by molar-refractivity contribution is -0.139. The zero-order valence-electron chi connectivity index (χ0n) is 17.4. The molecule has 0 amide bonds. The fourth-order valence-corrected chi connectivity index (χ4v) is 3.61. The van der Waals surface area contributed by atoms with Gasteiger partial charge in [-0.15, -0.1) is 0 Å². The number of rotatable bonds is 3. The van der Waals surface area contributed by atoms with Gasteiger partial charge in [0.1, 0.15) is 5.82 Å². The van der Waals surface area contributed by atoms with E-state index in [-0.39, 0.29) is 24.1 Å². The number of fused-ring (bicyclic) bond motifs is 6. The molecule has 2 aliphatic heterocycles. The molecular formula is C24H24N4O3. The second kappa shape index (κ2) is 9.04. The SMILES string of the molecule is C=C(C)C(=O)OCC1CCCCc2nc3cc(ccc3c(=O)[nH]2)N=Nc2ccc1cc2. The molecule has 7 nitrogen and oxygen atoms in total. The van der Waals surface area contributed by atoms with E-state index in [1.165, 1.54) is 0 Å². The summed E-state index contributed by atoms with van der Waals surface area (Å²) >= 11 is 0. The molecule has 3 heterocycles. The standard InChI is InChI=1S/C24H24N4O3/c1-15(2)24(30)31-14-17-5-3-4-6-22-25-21-13-19(11-12-20(21)23(29)26-22)28-27-18-9-7-16(17)8-10-18/h7-13,17H,1,3-6,14H2,2H3,(H,25,26,29). The van der Waals surface area contributed by atoms with Crippen molar-refractivity contribution >= 4 is 28.2 Å². The number of hydrogen-bond acceptors (Lipinski definition) is 6. The highest BCUT2D eigenvalue weighted by molar-refractivity contribution is 5.87. The average Bonchev–Trinajstić information content (AvgIpc) is 2.76. The summed E-state index contributed by atoms with van der Waals surface area (Å²) in [5.74, 6) is 0.338. The lowest BCUT2D eigenvalue weighted by atomic mass is 9.93. The molecule has 0 spiro atoms. The molecular weight excluding hydrogens is 392 g/mol. The molecule has 2 aliphatic rings. The van der Waals surface area contributed by atoms with Gasteiger partial charge in [-0.3, -0.25) is 4.79 Å². The summed E-state index contributed by atoms with van der Waals surface area (Å²) in [6.45, 7) is 5.57. The summed E-state index contributed by atoms with van der Waals surface area (Å²) in [6.07, 6.45) is 3.26. The molecule has 7 heteroatoms. The molecule has 3 aromatic rings. The maximum absolute atomic E-state index is 12.4. The number of carbonyl (C=O) groups excluding carboxylic acids is 1. The number of aromatic nitrogens is 2. The van der Waals surface area contributed by atoms with Crippen molar-refractivity contribution in [2.24, 2.45) is 10.2 Å². The topological polar surface area (TPSA) is 96.8 Å². The fourth-order valence-electron chi connectivity index (χ4n) is 3.61. The van der Waals surface area contributed by atoms with Gasteiger partial charge in [-0.1, -0.05) is 25.1 Å². The van der Waals surface area contributed by atoms with E-state index in [0.29, 0.717) is 40.1 Å². The third-order valence-electron chi connectivity index (χ3n) is 5.36. The molecule has 0 aliphatic carbocycles. The quantitative estimate of drug-likeness (QED) is 0.465. The van der Waals surface area contributed by atoms with Gasteiger partial charge in [-0.05, 0) is 55.7 Å². The van der Waals surface area contributed by atoms with Crippen molar-refractivity contribution in [2.75, 3.05) is 6.61 Å². The summed E-state index contributed by atoms with van der Waals surface area (Å²) in [5.41, 5.74) is 3.28. The zero-order valence-corrected chi connectivity index (χ0v) is 17.4. The Balaban J connectivity index is 1.65.